The summed E-state index contributed by atoms with van der Waals surface area (Å²) in [6, 6.07) is 33.7. The van der Waals surface area contributed by atoms with Gasteiger partial charge in [0.05, 0.1) is 0 Å². The molecule has 25 heavy (non-hydrogen) atoms. The van der Waals surface area contributed by atoms with Gasteiger partial charge in [-0.25, -0.2) is 0 Å². The summed E-state index contributed by atoms with van der Waals surface area (Å²) >= 11 is 0. The summed E-state index contributed by atoms with van der Waals surface area (Å²) in [4.78, 5) is 9.60. The van der Waals surface area contributed by atoms with E-state index in [-0.39, 0.29) is 0 Å². The van der Waals surface area contributed by atoms with Gasteiger partial charge in [0.25, 0.3) is 0 Å². The molecule has 0 bridgehead atoms. The van der Waals surface area contributed by atoms with Gasteiger partial charge < -0.3 is 0 Å². The van der Waals surface area contributed by atoms with Crippen molar-refractivity contribution in [2.24, 2.45) is 0 Å². The second kappa shape index (κ2) is 6.96. The quantitative estimate of drug-likeness (QED) is 0.533. The molecule has 0 aliphatic rings. The van der Waals surface area contributed by atoms with Gasteiger partial charge in [0.2, 0.25) is 0 Å². The average Bonchev–Trinajstić information content (AvgIpc) is 2.72. The van der Waals surface area contributed by atoms with Crippen LogP contribution in [0.3, 0.4) is 0 Å². The van der Waals surface area contributed by atoms with E-state index >= 15 is 0 Å². The molecule has 0 spiro atoms. The third-order valence-corrected chi connectivity index (χ3v) is 9.04. The minimum absolute atomic E-state index is 1.10. The number of rotatable bonds is 4. The van der Waals surface area contributed by atoms with Crippen LogP contribution in [0, 0.1) is 0 Å². The second-order valence-electron chi connectivity index (χ2n) is 5.91. The van der Waals surface area contributed by atoms with E-state index in [4.69, 9.17) is 9.97 Å². The van der Waals surface area contributed by atoms with Gasteiger partial charge in [-0.1, -0.05) is 0 Å². The molecule has 0 amide bonds. The molecule has 0 fully saturated rings. The van der Waals surface area contributed by atoms with Crippen LogP contribution >= 0.6 is 7.26 Å². The van der Waals surface area contributed by atoms with Gasteiger partial charge in [0.15, 0.2) is 0 Å². The Kier molecular flexibility index (Phi) is 4.37. The fourth-order valence-corrected chi connectivity index (χ4v) is 7.83. The van der Waals surface area contributed by atoms with Crippen LogP contribution in [0.25, 0.3) is 0 Å². The number of benzene rings is 2. The molecule has 0 aliphatic heterocycles. The van der Waals surface area contributed by atoms with Crippen molar-refractivity contribution in [3.05, 3.63) is 109 Å². The van der Waals surface area contributed by atoms with Crippen molar-refractivity contribution in [2.75, 3.05) is 0 Å². The van der Waals surface area contributed by atoms with Crippen LogP contribution in [-0.4, -0.2) is 9.97 Å². The van der Waals surface area contributed by atoms with E-state index in [0.29, 0.717) is 0 Å². The molecule has 3 heteroatoms. The molecule has 0 atom stereocenters. The zero-order valence-electron chi connectivity index (χ0n) is 13.8. The first kappa shape index (κ1) is 15.7. The molecule has 0 N–H and O–H groups in total. The molecular weight excluding hydrogens is 323 g/mol. The van der Waals surface area contributed by atoms with Crippen LogP contribution < -0.4 is 21.5 Å². The van der Waals surface area contributed by atoms with E-state index in [1.54, 1.807) is 0 Å². The van der Waals surface area contributed by atoms with E-state index in [9.17, 15) is 0 Å². The Hall–Kier alpha value is -2.83. The number of nitrogens with zero attached hydrogens (tertiary/aromatic N) is 2. The first-order chi connectivity index (χ1) is 12.4. The summed E-state index contributed by atoms with van der Waals surface area (Å²) in [6.45, 7) is 0. The Labute approximate surface area is 148 Å². The molecule has 0 radical (unpaired) electrons. The number of hydrogen-bond donors (Lipinski definition) is 0. The van der Waals surface area contributed by atoms with Crippen LogP contribution in [-0.2, 0) is 0 Å². The zero-order valence-corrected chi connectivity index (χ0v) is 14.8. The van der Waals surface area contributed by atoms with Crippen molar-refractivity contribution in [3.8, 4) is 0 Å². The number of aromatic nitrogens is 2. The summed E-state index contributed by atoms with van der Waals surface area (Å²) in [6.07, 6.45) is 3.76. The van der Waals surface area contributed by atoms with Gasteiger partial charge >= 0.3 is 148 Å². The molecule has 2 heterocycles. The Morgan fingerprint density at radius 2 is 0.840 bits per heavy atom. The summed E-state index contributed by atoms with van der Waals surface area (Å²) in [5, 5.41) is 2.58. The molecule has 0 unspecified atom stereocenters. The SMILES string of the molecule is c1ccc([PH](c2ccccc2)(c2ccccn2)c2ccccn2)cc1. The van der Waals surface area contributed by atoms with Crippen molar-refractivity contribution < 1.29 is 0 Å². The Morgan fingerprint density at radius 1 is 0.440 bits per heavy atom. The monoisotopic (exact) mass is 342 g/mol. The van der Waals surface area contributed by atoms with Gasteiger partial charge in [-0.3, -0.25) is 0 Å². The van der Waals surface area contributed by atoms with Gasteiger partial charge in [0.1, 0.15) is 0 Å². The van der Waals surface area contributed by atoms with Crippen molar-refractivity contribution in [2.45, 2.75) is 0 Å². The molecule has 2 nitrogen and oxygen atoms in total. The molecule has 4 aromatic rings. The first-order valence-corrected chi connectivity index (χ1v) is 10.4. The van der Waals surface area contributed by atoms with Crippen molar-refractivity contribution >= 4 is 28.7 Å². The topological polar surface area (TPSA) is 25.8 Å². The van der Waals surface area contributed by atoms with E-state index in [2.05, 4.69) is 84.9 Å². The molecule has 2 aromatic heterocycles. The van der Waals surface area contributed by atoms with Gasteiger partial charge in [-0.15, -0.1) is 0 Å². The third-order valence-electron chi connectivity index (χ3n) is 4.51. The minimum atomic E-state index is -2.52. The Morgan fingerprint density at radius 3 is 1.20 bits per heavy atom. The van der Waals surface area contributed by atoms with Gasteiger partial charge in [0, 0.05) is 0 Å². The van der Waals surface area contributed by atoms with Crippen LogP contribution in [0.5, 0.6) is 0 Å². The fourth-order valence-electron chi connectivity index (χ4n) is 3.43. The molecule has 4 rings (SSSR count). The number of hydrogen-bond acceptors (Lipinski definition) is 2. The first-order valence-electron chi connectivity index (χ1n) is 8.36. The summed E-state index contributed by atoms with van der Waals surface area (Å²) in [7, 11) is -2.52. The number of pyridine rings is 2. The van der Waals surface area contributed by atoms with E-state index < -0.39 is 7.26 Å². The van der Waals surface area contributed by atoms with Crippen LogP contribution in [0.15, 0.2) is 109 Å². The normalized spacial score (nSPS) is 11.8. The Bertz CT molecular complexity index is 763. The standard InChI is InChI=1S/C22H19N2P/c1-3-11-19(12-4-1)25(20-13-5-2-6-14-20,21-15-7-9-17-23-21)22-16-8-10-18-24-22/h1-18,25H. The van der Waals surface area contributed by atoms with Gasteiger partial charge in [-0.05, 0) is 0 Å². The second-order valence-corrected chi connectivity index (χ2v) is 9.59. The zero-order chi connectivity index (χ0) is 17.0. The maximum absolute atomic E-state index is 4.80. The Balaban J connectivity index is 2.13. The predicted molar refractivity (Wildman–Crippen MR) is 108 cm³/mol. The third kappa shape index (κ3) is 2.75. The molecule has 0 aliphatic carbocycles. The molecule has 0 saturated carbocycles. The van der Waals surface area contributed by atoms with Crippen LogP contribution in [0.2, 0.25) is 0 Å². The summed E-state index contributed by atoms with van der Waals surface area (Å²) in [5.74, 6) is 0. The fraction of sp³-hybridized carbons (Fsp3) is 0. The summed E-state index contributed by atoms with van der Waals surface area (Å²) < 4.78 is 0. The van der Waals surface area contributed by atoms with E-state index in [1.165, 1.54) is 10.6 Å². The van der Waals surface area contributed by atoms with Crippen LogP contribution in [0.1, 0.15) is 0 Å². The van der Waals surface area contributed by atoms with Crippen molar-refractivity contribution in [3.63, 3.8) is 0 Å². The molecule has 122 valence electrons. The van der Waals surface area contributed by atoms with Crippen molar-refractivity contribution in [1.82, 2.24) is 9.97 Å². The van der Waals surface area contributed by atoms with Gasteiger partial charge in [-0.2, -0.15) is 0 Å². The maximum atomic E-state index is 4.80. The molecular formula is C22H19N2P. The van der Waals surface area contributed by atoms with Crippen molar-refractivity contribution in [1.29, 1.82) is 0 Å². The molecule has 2 aromatic carbocycles. The molecule has 0 saturated heterocycles. The van der Waals surface area contributed by atoms with Crippen LogP contribution in [0.4, 0.5) is 0 Å². The van der Waals surface area contributed by atoms with E-state index in [1.807, 2.05) is 24.5 Å². The average molecular weight is 342 g/mol. The predicted octanol–water partition coefficient (Wildman–Crippen LogP) is 2.83. The summed E-state index contributed by atoms with van der Waals surface area (Å²) in [5.41, 5.74) is 2.21. The van der Waals surface area contributed by atoms with E-state index in [0.717, 1.165) is 10.9 Å².